The number of hydrogen-bond acceptors (Lipinski definition) is 5. The second-order valence-electron chi connectivity index (χ2n) is 7.48. The Balaban J connectivity index is 1.47. The van der Waals surface area contributed by atoms with Gasteiger partial charge in [0.05, 0.1) is 15.6 Å². The lowest BCUT2D eigenvalue weighted by Crippen LogP contribution is -2.30. The molecule has 4 rings (SSSR count). The van der Waals surface area contributed by atoms with Crippen LogP contribution in [0.1, 0.15) is 23.6 Å². The largest absolute Gasteiger partial charge is 0.493 e. The van der Waals surface area contributed by atoms with E-state index < -0.39 is 0 Å². The van der Waals surface area contributed by atoms with Crippen molar-refractivity contribution in [2.24, 2.45) is 0 Å². The predicted molar refractivity (Wildman–Crippen MR) is 143 cm³/mol. The molecule has 7 heteroatoms. The van der Waals surface area contributed by atoms with E-state index in [9.17, 15) is 4.79 Å². The molecule has 1 saturated heterocycles. The van der Waals surface area contributed by atoms with E-state index in [0.29, 0.717) is 23.0 Å². The molecule has 0 aromatic heterocycles. The van der Waals surface area contributed by atoms with Crippen LogP contribution in [-0.4, -0.2) is 18.5 Å². The van der Waals surface area contributed by atoms with Crippen molar-refractivity contribution in [2.75, 3.05) is 12.4 Å². The highest BCUT2D eigenvalue weighted by Crippen LogP contribution is 2.37. The smallest absolute Gasteiger partial charge is 0.260 e. The summed E-state index contributed by atoms with van der Waals surface area (Å²) in [7, 11) is 1.62. The van der Waals surface area contributed by atoms with Gasteiger partial charge in [-0.1, -0.05) is 61.2 Å². The zero-order valence-electron chi connectivity index (χ0n) is 18.4. The molecule has 0 radical (unpaired) electrons. The minimum absolute atomic E-state index is 0.0962. The van der Waals surface area contributed by atoms with E-state index in [-0.39, 0.29) is 11.4 Å². The Labute approximate surface area is 212 Å². The molecular weight excluding hydrogens is 547 g/mol. The van der Waals surface area contributed by atoms with Crippen molar-refractivity contribution >= 4 is 52.0 Å². The van der Waals surface area contributed by atoms with Crippen LogP contribution in [0.4, 0.5) is 5.69 Å². The van der Waals surface area contributed by atoms with Crippen molar-refractivity contribution in [1.82, 2.24) is 5.32 Å². The van der Waals surface area contributed by atoms with Gasteiger partial charge in [0.1, 0.15) is 6.61 Å². The van der Waals surface area contributed by atoms with Crippen molar-refractivity contribution in [1.29, 1.82) is 0 Å². The minimum atomic E-state index is -0.217. The molecule has 3 aromatic rings. The lowest BCUT2D eigenvalue weighted by molar-refractivity contribution is -0.116. The van der Waals surface area contributed by atoms with Crippen molar-refractivity contribution in [3.8, 4) is 11.5 Å². The summed E-state index contributed by atoms with van der Waals surface area (Å²) in [6.07, 6.45) is 2.88. The van der Waals surface area contributed by atoms with Gasteiger partial charge in [0.25, 0.3) is 5.91 Å². The molecule has 1 aliphatic rings. The first-order chi connectivity index (χ1) is 16.1. The van der Waals surface area contributed by atoms with Crippen molar-refractivity contribution in [2.45, 2.75) is 25.4 Å². The van der Waals surface area contributed by atoms with Gasteiger partial charge in [-0.15, -0.1) is 0 Å². The quantitative estimate of drug-likeness (QED) is 0.255. The van der Waals surface area contributed by atoms with Crippen LogP contribution in [-0.2, 0) is 17.8 Å². The maximum Gasteiger partial charge on any atom is 0.260 e. The lowest BCUT2D eigenvalue weighted by atomic mass is 10.1. The third-order valence-electron chi connectivity index (χ3n) is 5.17. The van der Waals surface area contributed by atoms with Crippen LogP contribution in [0, 0.1) is 3.57 Å². The van der Waals surface area contributed by atoms with E-state index in [0.717, 1.165) is 26.8 Å². The van der Waals surface area contributed by atoms with Crippen LogP contribution < -0.4 is 20.1 Å². The second kappa shape index (κ2) is 11.0. The number of hydrogen-bond donors (Lipinski definition) is 2. The molecule has 170 valence electrons. The average molecular weight is 572 g/mol. The van der Waals surface area contributed by atoms with Gasteiger partial charge < -0.3 is 20.1 Å². The summed E-state index contributed by atoms with van der Waals surface area (Å²) in [5, 5.41) is 6.34. The number of anilines is 1. The monoisotopic (exact) mass is 572 g/mol. The zero-order valence-corrected chi connectivity index (χ0v) is 21.4. The molecule has 0 saturated carbocycles. The molecule has 5 nitrogen and oxygen atoms in total. The highest BCUT2D eigenvalue weighted by Gasteiger charge is 2.27. The number of thioether (sulfide) groups is 1. The van der Waals surface area contributed by atoms with Crippen molar-refractivity contribution in [3.63, 3.8) is 0 Å². The summed E-state index contributed by atoms with van der Waals surface area (Å²) in [5.41, 5.74) is 4.01. The topological polar surface area (TPSA) is 59.6 Å². The Kier molecular flexibility index (Phi) is 7.82. The van der Waals surface area contributed by atoms with Gasteiger partial charge >= 0.3 is 0 Å². The number of rotatable bonds is 8. The molecule has 33 heavy (non-hydrogen) atoms. The number of halogens is 1. The number of carbonyl (C=O) groups is 1. The van der Waals surface area contributed by atoms with Gasteiger partial charge in [0.2, 0.25) is 0 Å². The Hall–Kier alpha value is -2.65. The standard InChI is InChI=1S/C26H25IN2O3S/c1-3-17-9-11-20(12-10-17)28-26-29-25(30)23(33-26)15-19-13-21(27)24(22(14-19)31-2)32-16-18-7-5-4-6-8-18/h4-15,26,28H,3,16H2,1-2H3,(H,29,30)/b23-15-/t26-/m1/s1. The molecule has 2 N–H and O–H groups in total. The molecule has 0 unspecified atom stereocenters. The number of ether oxygens (including phenoxy) is 2. The summed E-state index contributed by atoms with van der Waals surface area (Å²) in [6.45, 7) is 2.59. The maximum atomic E-state index is 12.5. The molecule has 1 aliphatic heterocycles. The fraction of sp³-hybridized carbons (Fsp3) is 0.192. The first-order valence-electron chi connectivity index (χ1n) is 10.6. The van der Waals surface area contributed by atoms with Crippen LogP contribution in [0.5, 0.6) is 11.5 Å². The molecule has 0 bridgehead atoms. The highest BCUT2D eigenvalue weighted by atomic mass is 127. The summed E-state index contributed by atoms with van der Waals surface area (Å²) in [6, 6.07) is 22.2. The third kappa shape index (κ3) is 6.03. The number of benzene rings is 3. The highest BCUT2D eigenvalue weighted by molar-refractivity contribution is 14.1. The number of carbonyl (C=O) groups excluding carboxylic acids is 1. The molecule has 0 spiro atoms. The molecule has 1 amide bonds. The normalized spacial score (nSPS) is 16.5. The van der Waals surface area contributed by atoms with E-state index in [1.807, 2.05) is 60.7 Å². The minimum Gasteiger partial charge on any atom is -0.493 e. The molecule has 1 fully saturated rings. The Morgan fingerprint density at radius 2 is 1.85 bits per heavy atom. The molecule has 1 heterocycles. The van der Waals surface area contributed by atoms with Gasteiger partial charge in [-0.05, 0) is 76.0 Å². The van der Waals surface area contributed by atoms with Gasteiger partial charge in [-0.2, -0.15) is 0 Å². The molecule has 1 atom stereocenters. The van der Waals surface area contributed by atoms with Crippen LogP contribution in [0.15, 0.2) is 71.6 Å². The Morgan fingerprint density at radius 3 is 2.55 bits per heavy atom. The zero-order chi connectivity index (χ0) is 23.2. The van der Waals surface area contributed by atoms with Crippen LogP contribution in [0.2, 0.25) is 0 Å². The number of amides is 1. The van der Waals surface area contributed by atoms with E-state index in [2.05, 4.69) is 52.3 Å². The summed E-state index contributed by atoms with van der Waals surface area (Å²) in [5.74, 6) is 1.24. The summed E-state index contributed by atoms with van der Waals surface area (Å²) >= 11 is 3.70. The van der Waals surface area contributed by atoms with Gasteiger partial charge in [-0.25, -0.2) is 0 Å². The number of methoxy groups -OCH3 is 1. The second-order valence-corrected chi connectivity index (χ2v) is 9.79. The third-order valence-corrected chi connectivity index (χ3v) is 7.00. The first-order valence-corrected chi connectivity index (χ1v) is 12.6. The Bertz CT molecular complexity index is 1150. The van der Waals surface area contributed by atoms with E-state index in [1.165, 1.54) is 17.3 Å². The number of aryl methyl sites for hydroxylation is 1. The van der Waals surface area contributed by atoms with Crippen LogP contribution >= 0.6 is 34.4 Å². The maximum absolute atomic E-state index is 12.5. The van der Waals surface area contributed by atoms with Crippen LogP contribution in [0.3, 0.4) is 0 Å². The van der Waals surface area contributed by atoms with Crippen molar-refractivity contribution < 1.29 is 14.3 Å². The van der Waals surface area contributed by atoms with E-state index in [1.54, 1.807) is 7.11 Å². The molecule has 3 aromatic carbocycles. The van der Waals surface area contributed by atoms with Crippen molar-refractivity contribution in [3.05, 3.63) is 91.9 Å². The van der Waals surface area contributed by atoms with Gasteiger partial charge in [-0.3, -0.25) is 4.79 Å². The molecule has 0 aliphatic carbocycles. The SMILES string of the molecule is CCc1ccc(N[C@@H]2NC(=O)/C(=C/c3cc(I)c(OCc4ccccc4)c(OC)c3)S2)cc1. The Morgan fingerprint density at radius 1 is 1.09 bits per heavy atom. The fourth-order valence-corrected chi connectivity index (χ4v) is 5.16. The van der Waals surface area contributed by atoms with Crippen LogP contribution in [0.25, 0.3) is 6.08 Å². The van der Waals surface area contributed by atoms with E-state index in [4.69, 9.17) is 9.47 Å². The summed E-state index contributed by atoms with van der Waals surface area (Å²) in [4.78, 5) is 13.2. The van der Waals surface area contributed by atoms with Gasteiger partial charge in [0, 0.05) is 5.69 Å². The average Bonchev–Trinajstić information content (AvgIpc) is 3.17. The molecular formula is C26H25IN2O3S. The first kappa shape index (κ1) is 23.5. The van der Waals surface area contributed by atoms with E-state index >= 15 is 0 Å². The van der Waals surface area contributed by atoms with Gasteiger partial charge in [0.15, 0.2) is 17.0 Å². The number of nitrogens with one attached hydrogen (secondary N) is 2. The lowest BCUT2D eigenvalue weighted by Gasteiger charge is -2.14. The summed E-state index contributed by atoms with van der Waals surface area (Å²) < 4.78 is 12.6. The fourth-order valence-electron chi connectivity index (χ4n) is 3.40. The predicted octanol–water partition coefficient (Wildman–Crippen LogP) is 6.04.